The van der Waals surface area contributed by atoms with E-state index in [1.165, 1.54) is 16.9 Å². The standard InChI is InChI=1S/C21H25N3O3S/c1-5-7-14-8-10-15(11-9-14)22-13(4)18-23-19(25)16-12(3)17(21(26)27-6-2)28-20(16)24-18/h8-11,13,22H,5-7H2,1-4H3,(H,23,24,25)/t13-/m0/s1. The Kier molecular flexibility index (Phi) is 6.14. The van der Waals surface area contributed by atoms with Crippen LogP contribution in [0.2, 0.25) is 0 Å². The van der Waals surface area contributed by atoms with Crippen LogP contribution in [0.15, 0.2) is 29.1 Å². The number of thiophene rings is 1. The molecule has 3 rings (SSSR count). The molecule has 0 unspecified atom stereocenters. The van der Waals surface area contributed by atoms with Gasteiger partial charge in [0.1, 0.15) is 15.5 Å². The number of aromatic nitrogens is 2. The lowest BCUT2D eigenvalue weighted by atomic mass is 10.1. The number of aromatic amines is 1. The third kappa shape index (κ3) is 4.09. The third-order valence-corrected chi connectivity index (χ3v) is 5.73. The fourth-order valence-electron chi connectivity index (χ4n) is 3.13. The molecule has 0 radical (unpaired) electrons. The zero-order valence-corrected chi connectivity index (χ0v) is 17.4. The minimum atomic E-state index is -0.415. The summed E-state index contributed by atoms with van der Waals surface area (Å²) < 4.78 is 5.08. The van der Waals surface area contributed by atoms with Crippen molar-refractivity contribution in [2.24, 2.45) is 0 Å². The van der Waals surface area contributed by atoms with Crippen LogP contribution in [0.3, 0.4) is 0 Å². The van der Waals surface area contributed by atoms with Gasteiger partial charge in [-0.05, 0) is 50.5 Å². The molecule has 1 aromatic carbocycles. The summed E-state index contributed by atoms with van der Waals surface area (Å²) in [4.78, 5) is 33.2. The number of hydrogen-bond donors (Lipinski definition) is 2. The second-order valence-corrected chi connectivity index (χ2v) is 7.72. The van der Waals surface area contributed by atoms with E-state index in [0.717, 1.165) is 18.5 Å². The average molecular weight is 400 g/mol. The first-order valence-corrected chi connectivity index (χ1v) is 10.3. The number of esters is 1. The molecule has 0 spiro atoms. The van der Waals surface area contributed by atoms with Gasteiger partial charge in [0.25, 0.3) is 5.56 Å². The number of rotatable bonds is 7. The minimum absolute atomic E-state index is 0.192. The lowest BCUT2D eigenvalue weighted by molar-refractivity contribution is 0.0531. The van der Waals surface area contributed by atoms with E-state index < -0.39 is 5.97 Å². The molecule has 0 fully saturated rings. The Labute approximate surface area is 168 Å². The maximum absolute atomic E-state index is 12.6. The summed E-state index contributed by atoms with van der Waals surface area (Å²) in [6.07, 6.45) is 2.17. The summed E-state index contributed by atoms with van der Waals surface area (Å²) in [6, 6.07) is 8.08. The number of H-pyrrole nitrogens is 1. The van der Waals surface area contributed by atoms with Crippen molar-refractivity contribution in [2.75, 3.05) is 11.9 Å². The second kappa shape index (κ2) is 8.56. The Hall–Kier alpha value is -2.67. The lowest BCUT2D eigenvalue weighted by Crippen LogP contribution is -2.17. The molecule has 0 saturated carbocycles. The number of nitrogens with one attached hydrogen (secondary N) is 2. The molecule has 0 amide bonds. The molecule has 148 valence electrons. The molecule has 0 aliphatic heterocycles. The van der Waals surface area contributed by atoms with Gasteiger partial charge < -0.3 is 15.0 Å². The predicted octanol–water partition coefficient (Wildman–Crippen LogP) is 4.60. The highest BCUT2D eigenvalue weighted by Crippen LogP contribution is 2.28. The van der Waals surface area contributed by atoms with Crippen LogP contribution in [-0.4, -0.2) is 22.5 Å². The maximum Gasteiger partial charge on any atom is 0.348 e. The summed E-state index contributed by atoms with van der Waals surface area (Å²) in [5.74, 6) is 0.120. The van der Waals surface area contributed by atoms with Crippen LogP contribution in [0.5, 0.6) is 0 Å². The van der Waals surface area contributed by atoms with E-state index >= 15 is 0 Å². The van der Waals surface area contributed by atoms with E-state index in [9.17, 15) is 9.59 Å². The first-order chi connectivity index (χ1) is 13.4. The van der Waals surface area contributed by atoms with Gasteiger partial charge in [0, 0.05) is 5.69 Å². The highest BCUT2D eigenvalue weighted by molar-refractivity contribution is 7.20. The Morgan fingerprint density at radius 1 is 1.29 bits per heavy atom. The number of fused-ring (bicyclic) bond motifs is 1. The Morgan fingerprint density at radius 3 is 2.64 bits per heavy atom. The molecular formula is C21H25N3O3S. The van der Waals surface area contributed by atoms with Crippen molar-refractivity contribution in [2.45, 2.75) is 46.6 Å². The molecule has 2 aromatic heterocycles. The first kappa shape index (κ1) is 20.1. The molecule has 6 nitrogen and oxygen atoms in total. The van der Waals surface area contributed by atoms with Gasteiger partial charge in [0.2, 0.25) is 0 Å². The molecular weight excluding hydrogens is 374 g/mol. The van der Waals surface area contributed by atoms with Crippen molar-refractivity contribution in [1.82, 2.24) is 9.97 Å². The van der Waals surface area contributed by atoms with E-state index in [4.69, 9.17) is 4.74 Å². The number of ether oxygens (including phenoxy) is 1. The fraction of sp³-hybridized carbons (Fsp3) is 0.381. The third-order valence-electron chi connectivity index (χ3n) is 4.57. The summed E-state index contributed by atoms with van der Waals surface area (Å²) >= 11 is 1.20. The van der Waals surface area contributed by atoms with E-state index in [1.807, 2.05) is 19.1 Å². The molecule has 7 heteroatoms. The van der Waals surface area contributed by atoms with Crippen molar-refractivity contribution < 1.29 is 9.53 Å². The van der Waals surface area contributed by atoms with E-state index in [0.29, 0.717) is 33.1 Å². The van der Waals surface area contributed by atoms with Crippen molar-refractivity contribution in [3.63, 3.8) is 0 Å². The van der Waals surface area contributed by atoms with Crippen LogP contribution >= 0.6 is 11.3 Å². The van der Waals surface area contributed by atoms with Gasteiger partial charge in [-0.2, -0.15) is 0 Å². The average Bonchev–Trinajstić information content (AvgIpc) is 3.01. The molecule has 0 aliphatic rings. The smallest absolute Gasteiger partial charge is 0.348 e. The Morgan fingerprint density at radius 2 is 2.00 bits per heavy atom. The van der Waals surface area contributed by atoms with Crippen molar-refractivity contribution in [1.29, 1.82) is 0 Å². The van der Waals surface area contributed by atoms with Gasteiger partial charge in [-0.25, -0.2) is 9.78 Å². The topological polar surface area (TPSA) is 84.1 Å². The van der Waals surface area contributed by atoms with Crippen LogP contribution in [0.4, 0.5) is 5.69 Å². The molecule has 1 atom stereocenters. The van der Waals surface area contributed by atoms with Crippen LogP contribution in [0.25, 0.3) is 10.2 Å². The number of anilines is 1. The molecule has 0 aliphatic carbocycles. The second-order valence-electron chi connectivity index (χ2n) is 6.72. The van der Waals surface area contributed by atoms with Gasteiger partial charge in [-0.3, -0.25) is 4.79 Å². The van der Waals surface area contributed by atoms with Gasteiger partial charge in [-0.1, -0.05) is 25.5 Å². The van der Waals surface area contributed by atoms with Gasteiger partial charge in [0.05, 0.1) is 18.0 Å². The summed E-state index contributed by atoms with van der Waals surface area (Å²) in [6.45, 7) is 7.90. The molecule has 0 saturated heterocycles. The van der Waals surface area contributed by atoms with Crippen LogP contribution in [0, 0.1) is 6.92 Å². The number of carbonyl (C=O) groups is 1. The summed E-state index contributed by atoms with van der Waals surface area (Å²) in [5.41, 5.74) is 2.64. The van der Waals surface area contributed by atoms with Crippen molar-refractivity contribution in [3.05, 3.63) is 56.4 Å². The predicted molar refractivity (Wildman–Crippen MR) is 113 cm³/mol. The first-order valence-electron chi connectivity index (χ1n) is 9.50. The van der Waals surface area contributed by atoms with Gasteiger partial charge in [0.15, 0.2) is 0 Å². The lowest BCUT2D eigenvalue weighted by Gasteiger charge is -2.15. The molecule has 28 heavy (non-hydrogen) atoms. The summed E-state index contributed by atoms with van der Waals surface area (Å²) in [5, 5.41) is 3.82. The zero-order valence-electron chi connectivity index (χ0n) is 16.6. The molecule has 2 heterocycles. The van der Waals surface area contributed by atoms with Gasteiger partial charge >= 0.3 is 5.97 Å². The normalized spacial score (nSPS) is 12.1. The number of nitrogens with zero attached hydrogens (tertiary/aromatic N) is 1. The van der Waals surface area contributed by atoms with E-state index in [2.05, 4.69) is 34.3 Å². The van der Waals surface area contributed by atoms with Gasteiger partial charge in [-0.15, -0.1) is 11.3 Å². The molecule has 3 aromatic rings. The Bertz CT molecular complexity index is 1040. The maximum atomic E-state index is 12.6. The Balaban J connectivity index is 1.88. The van der Waals surface area contributed by atoms with Crippen LogP contribution in [0.1, 0.15) is 59.9 Å². The van der Waals surface area contributed by atoms with Crippen molar-refractivity contribution in [3.8, 4) is 0 Å². The fourth-order valence-corrected chi connectivity index (χ4v) is 4.21. The van der Waals surface area contributed by atoms with E-state index in [1.54, 1.807) is 13.8 Å². The molecule has 2 N–H and O–H groups in total. The largest absolute Gasteiger partial charge is 0.462 e. The van der Waals surface area contributed by atoms with Crippen LogP contribution in [-0.2, 0) is 11.2 Å². The SMILES string of the molecule is CCCc1ccc(N[C@@H](C)c2nc3sc(C(=O)OCC)c(C)c3c(=O)[nH]2)cc1. The molecule has 0 bridgehead atoms. The van der Waals surface area contributed by atoms with Crippen LogP contribution < -0.4 is 10.9 Å². The quantitative estimate of drug-likeness (QED) is 0.568. The van der Waals surface area contributed by atoms with Crippen molar-refractivity contribution >= 4 is 33.2 Å². The number of aryl methyl sites for hydroxylation is 2. The zero-order chi connectivity index (χ0) is 20.3. The van der Waals surface area contributed by atoms with E-state index in [-0.39, 0.29) is 11.6 Å². The number of hydrogen-bond acceptors (Lipinski definition) is 6. The summed E-state index contributed by atoms with van der Waals surface area (Å²) in [7, 11) is 0. The monoisotopic (exact) mass is 399 g/mol. The number of carbonyl (C=O) groups excluding carboxylic acids is 1. The number of benzene rings is 1. The minimum Gasteiger partial charge on any atom is -0.462 e. The highest BCUT2D eigenvalue weighted by Gasteiger charge is 2.21. The highest BCUT2D eigenvalue weighted by atomic mass is 32.1.